The summed E-state index contributed by atoms with van der Waals surface area (Å²) < 4.78 is 27.9. The van der Waals surface area contributed by atoms with Crippen LogP contribution in [-0.4, -0.2) is 49.8 Å². The van der Waals surface area contributed by atoms with Crippen LogP contribution in [0.4, 0.5) is 0 Å². The molecule has 3 rings (SSSR count). The van der Waals surface area contributed by atoms with Crippen molar-refractivity contribution < 1.29 is 8.42 Å². The summed E-state index contributed by atoms with van der Waals surface area (Å²) in [5, 5.41) is 0. The molecule has 2 fully saturated rings. The standard InChI is InChI=1S/C14H20BrN3O2S/c15-13-8-11(9-16)3-4-14(13)21(19,20)18-7-6-17-5-1-2-12(17)10-18/h3-4,8,12H,1-2,5-7,9-10,16H2. The minimum absolute atomic E-state index is 0.339. The average molecular weight is 374 g/mol. The normalized spacial score (nSPS) is 24.2. The number of hydrogen-bond acceptors (Lipinski definition) is 4. The molecule has 1 unspecified atom stereocenters. The third-order valence-electron chi connectivity index (χ3n) is 4.40. The number of nitrogens with two attached hydrogens (primary N) is 1. The van der Waals surface area contributed by atoms with Gasteiger partial charge in [-0.1, -0.05) is 6.07 Å². The molecule has 21 heavy (non-hydrogen) atoms. The predicted octanol–water partition coefficient (Wildman–Crippen LogP) is 1.38. The summed E-state index contributed by atoms with van der Waals surface area (Å²) in [7, 11) is -3.44. The van der Waals surface area contributed by atoms with E-state index in [4.69, 9.17) is 5.73 Å². The van der Waals surface area contributed by atoms with Crippen LogP contribution in [0.15, 0.2) is 27.6 Å². The summed E-state index contributed by atoms with van der Waals surface area (Å²) in [5.41, 5.74) is 6.51. The lowest BCUT2D eigenvalue weighted by Gasteiger charge is -2.36. The van der Waals surface area contributed by atoms with Gasteiger partial charge in [0.1, 0.15) is 0 Å². The summed E-state index contributed by atoms with van der Waals surface area (Å²) in [6.07, 6.45) is 2.27. The van der Waals surface area contributed by atoms with Crippen molar-refractivity contribution in [2.45, 2.75) is 30.3 Å². The summed E-state index contributed by atoms with van der Waals surface area (Å²) in [4.78, 5) is 2.74. The predicted molar refractivity (Wildman–Crippen MR) is 85.4 cm³/mol. The quantitative estimate of drug-likeness (QED) is 0.868. The zero-order valence-corrected chi connectivity index (χ0v) is 14.2. The first-order valence-electron chi connectivity index (χ1n) is 7.25. The second-order valence-electron chi connectivity index (χ2n) is 5.66. The fourth-order valence-electron chi connectivity index (χ4n) is 3.20. The summed E-state index contributed by atoms with van der Waals surface area (Å²) in [6.45, 7) is 3.52. The molecule has 0 spiro atoms. The summed E-state index contributed by atoms with van der Waals surface area (Å²) >= 11 is 3.37. The number of hydrogen-bond donors (Lipinski definition) is 1. The Morgan fingerprint density at radius 1 is 1.29 bits per heavy atom. The van der Waals surface area contributed by atoms with Gasteiger partial charge in [0.05, 0.1) is 4.90 Å². The van der Waals surface area contributed by atoms with Crippen LogP contribution in [0.2, 0.25) is 0 Å². The Hall–Kier alpha value is -0.470. The van der Waals surface area contributed by atoms with Gasteiger partial charge in [-0.3, -0.25) is 4.90 Å². The Morgan fingerprint density at radius 2 is 2.10 bits per heavy atom. The van der Waals surface area contributed by atoms with Gasteiger partial charge in [-0.05, 0) is 53.0 Å². The van der Waals surface area contributed by atoms with Crippen molar-refractivity contribution in [3.05, 3.63) is 28.2 Å². The first-order chi connectivity index (χ1) is 10.0. The summed E-state index contributed by atoms with van der Waals surface area (Å²) in [5.74, 6) is 0. The molecule has 2 aliphatic heterocycles. The largest absolute Gasteiger partial charge is 0.326 e. The van der Waals surface area contributed by atoms with Gasteiger partial charge in [0.25, 0.3) is 0 Å². The lowest BCUT2D eigenvalue weighted by atomic mass is 10.2. The fraction of sp³-hybridized carbons (Fsp3) is 0.571. The number of nitrogens with zero attached hydrogens (tertiary/aromatic N) is 2. The highest BCUT2D eigenvalue weighted by atomic mass is 79.9. The number of benzene rings is 1. The molecule has 1 aromatic rings. The highest BCUT2D eigenvalue weighted by Crippen LogP contribution is 2.29. The van der Waals surface area contributed by atoms with E-state index in [1.165, 1.54) is 6.42 Å². The topological polar surface area (TPSA) is 66.6 Å². The van der Waals surface area contributed by atoms with Crippen LogP contribution in [0.1, 0.15) is 18.4 Å². The fourth-order valence-corrected chi connectivity index (χ4v) is 5.75. The first kappa shape index (κ1) is 15.4. The van der Waals surface area contributed by atoms with Crippen molar-refractivity contribution in [2.75, 3.05) is 26.2 Å². The van der Waals surface area contributed by atoms with Crippen LogP contribution in [0, 0.1) is 0 Å². The number of halogens is 1. The molecule has 1 atom stereocenters. The second-order valence-corrected chi connectivity index (χ2v) is 8.42. The van der Waals surface area contributed by atoms with Gasteiger partial charge in [0, 0.05) is 36.7 Å². The maximum Gasteiger partial charge on any atom is 0.244 e. The Labute approximate surface area is 134 Å². The Bertz CT molecular complexity index is 635. The van der Waals surface area contributed by atoms with Crippen molar-refractivity contribution in [1.29, 1.82) is 0 Å². The lowest BCUT2D eigenvalue weighted by molar-refractivity contribution is 0.158. The van der Waals surface area contributed by atoms with Crippen LogP contribution in [0.3, 0.4) is 0 Å². The van der Waals surface area contributed by atoms with Crippen molar-refractivity contribution in [3.63, 3.8) is 0 Å². The van der Waals surface area contributed by atoms with E-state index in [-0.39, 0.29) is 0 Å². The molecule has 0 saturated carbocycles. The third-order valence-corrected chi connectivity index (χ3v) is 7.24. The molecular weight excluding hydrogens is 354 g/mol. The maximum atomic E-state index is 12.8. The van der Waals surface area contributed by atoms with Gasteiger partial charge in [-0.15, -0.1) is 0 Å². The van der Waals surface area contributed by atoms with E-state index in [0.29, 0.717) is 35.0 Å². The number of fused-ring (bicyclic) bond motifs is 1. The molecular formula is C14H20BrN3O2S. The van der Waals surface area contributed by atoms with Crippen molar-refractivity contribution in [2.24, 2.45) is 5.73 Å². The first-order valence-corrected chi connectivity index (χ1v) is 9.48. The minimum atomic E-state index is -3.44. The molecule has 2 aliphatic rings. The van der Waals surface area contributed by atoms with Crippen LogP contribution in [0.5, 0.6) is 0 Å². The van der Waals surface area contributed by atoms with Gasteiger partial charge in [-0.25, -0.2) is 8.42 Å². The van der Waals surface area contributed by atoms with Crippen LogP contribution >= 0.6 is 15.9 Å². The molecule has 2 N–H and O–H groups in total. The molecule has 0 aliphatic carbocycles. The van der Waals surface area contributed by atoms with Gasteiger partial charge in [0.2, 0.25) is 10.0 Å². The number of sulfonamides is 1. The van der Waals surface area contributed by atoms with E-state index in [9.17, 15) is 8.42 Å². The van der Waals surface area contributed by atoms with E-state index in [2.05, 4.69) is 20.8 Å². The highest BCUT2D eigenvalue weighted by Gasteiger charge is 2.36. The monoisotopic (exact) mass is 373 g/mol. The molecule has 2 heterocycles. The summed E-state index contributed by atoms with van der Waals surface area (Å²) in [6, 6.07) is 5.61. The van der Waals surface area contributed by atoms with E-state index >= 15 is 0 Å². The molecule has 7 heteroatoms. The zero-order valence-electron chi connectivity index (χ0n) is 11.8. The Kier molecular flexibility index (Phi) is 4.38. The van der Waals surface area contributed by atoms with E-state index < -0.39 is 10.0 Å². The molecule has 0 aromatic heterocycles. The number of piperazine rings is 1. The molecule has 2 saturated heterocycles. The van der Waals surface area contributed by atoms with Crippen LogP contribution in [0.25, 0.3) is 0 Å². The van der Waals surface area contributed by atoms with Gasteiger partial charge in [-0.2, -0.15) is 4.31 Å². The zero-order chi connectivity index (χ0) is 15.0. The molecule has 1 aromatic carbocycles. The van der Waals surface area contributed by atoms with Gasteiger partial charge >= 0.3 is 0 Å². The smallest absolute Gasteiger partial charge is 0.244 e. The SMILES string of the molecule is NCc1ccc(S(=O)(=O)N2CCN3CCCC3C2)c(Br)c1. The van der Waals surface area contributed by atoms with Crippen molar-refractivity contribution in [3.8, 4) is 0 Å². The molecule has 0 bridgehead atoms. The Balaban J connectivity index is 1.86. The van der Waals surface area contributed by atoms with Crippen molar-refractivity contribution in [1.82, 2.24) is 9.21 Å². The molecule has 5 nitrogen and oxygen atoms in total. The third kappa shape index (κ3) is 2.90. The highest BCUT2D eigenvalue weighted by molar-refractivity contribution is 9.10. The molecule has 116 valence electrons. The minimum Gasteiger partial charge on any atom is -0.326 e. The average Bonchev–Trinajstić information content (AvgIpc) is 2.94. The van der Waals surface area contributed by atoms with Gasteiger partial charge < -0.3 is 5.73 Å². The maximum absolute atomic E-state index is 12.8. The molecule has 0 radical (unpaired) electrons. The molecule has 0 amide bonds. The van der Waals surface area contributed by atoms with Crippen LogP contribution in [-0.2, 0) is 16.6 Å². The second kappa shape index (κ2) is 5.96. The Morgan fingerprint density at radius 3 is 2.81 bits per heavy atom. The number of rotatable bonds is 3. The van der Waals surface area contributed by atoms with Crippen LogP contribution < -0.4 is 5.73 Å². The lowest BCUT2D eigenvalue weighted by Crippen LogP contribution is -2.51. The van der Waals surface area contributed by atoms with E-state index in [0.717, 1.165) is 25.1 Å². The van der Waals surface area contributed by atoms with Gasteiger partial charge in [0.15, 0.2) is 0 Å². The van der Waals surface area contributed by atoms with E-state index in [1.54, 1.807) is 22.5 Å². The van der Waals surface area contributed by atoms with E-state index in [1.807, 2.05) is 0 Å². The van der Waals surface area contributed by atoms with Crippen molar-refractivity contribution >= 4 is 26.0 Å².